The Labute approximate surface area is 103 Å². The Balaban J connectivity index is 2.74. The van der Waals surface area contributed by atoms with E-state index in [0.29, 0.717) is 6.61 Å². The largest absolute Gasteiger partial charge is 0.497 e. The minimum Gasteiger partial charge on any atom is -0.497 e. The van der Waals surface area contributed by atoms with Crippen LogP contribution in [0.3, 0.4) is 0 Å². The molecule has 1 rings (SSSR count). The number of nitrogens with one attached hydrogen (secondary N) is 1. The van der Waals surface area contributed by atoms with Crippen molar-refractivity contribution in [2.24, 2.45) is 0 Å². The van der Waals surface area contributed by atoms with Crippen molar-refractivity contribution in [3.05, 3.63) is 36.4 Å². The Morgan fingerprint density at radius 3 is 2.88 bits per heavy atom. The molecule has 1 aromatic carbocycles. The summed E-state index contributed by atoms with van der Waals surface area (Å²) in [7, 11) is 1.67. The van der Waals surface area contributed by atoms with Crippen molar-refractivity contribution in [2.45, 2.75) is 19.9 Å². The van der Waals surface area contributed by atoms with E-state index in [4.69, 9.17) is 9.47 Å². The maximum atomic E-state index is 5.71. The summed E-state index contributed by atoms with van der Waals surface area (Å²) in [5, 5.41) is 3.29. The van der Waals surface area contributed by atoms with E-state index in [1.807, 2.05) is 24.3 Å². The maximum Gasteiger partial charge on any atom is 0.124 e. The predicted octanol–water partition coefficient (Wildman–Crippen LogP) is 2.76. The molecule has 0 saturated heterocycles. The van der Waals surface area contributed by atoms with E-state index in [1.165, 1.54) is 0 Å². The molecule has 0 amide bonds. The van der Waals surface area contributed by atoms with E-state index in [1.54, 1.807) is 7.11 Å². The summed E-state index contributed by atoms with van der Waals surface area (Å²) in [6.45, 7) is 8.14. The van der Waals surface area contributed by atoms with Gasteiger partial charge >= 0.3 is 0 Å². The van der Waals surface area contributed by atoms with Gasteiger partial charge in [0.25, 0.3) is 0 Å². The molecule has 0 aromatic heterocycles. The van der Waals surface area contributed by atoms with Gasteiger partial charge in [-0.05, 0) is 31.2 Å². The number of benzene rings is 1. The monoisotopic (exact) mass is 235 g/mol. The third-order valence-electron chi connectivity index (χ3n) is 2.41. The van der Waals surface area contributed by atoms with Crippen molar-refractivity contribution in [3.8, 4) is 11.5 Å². The molecule has 0 unspecified atom stereocenters. The first-order valence-electron chi connectivity index (χ1n) is 5.93. The SMILES string of the molecule is C=CCCOc1ccc(OC)cc1CNCC. The molecule has 0 spiro atoms. The van der Waals surface area contributed by atoms with Gasteiger partial charge in [0.1, 0.15) is 11.5 Å². The molecule has 0 aliphatic heterocycles. The summed E-state index contributed by atoms with van der Waals surface area (Å²) in [4.78, 5) is 0. The summed E-state index contributed by atoms with van der Waals surface area (Å²) >= 11 is 0. The lowest BCUT2D eigenvalue weighted by molar-refractivity contribution is 0.319. The van der Waals surface area contributed by atoms with Crippen molar-refractivity contribution < 1.29 is 9.47 Å². The Hall–Kier alpha value is -1.48. The van der Waals surface area contributed by atoms with Crippen LogP contribution < -0.4 is 14.8 Å². The number of methoxy groups -OCH3 is 1. The fourth-order valence-corrected chi connectivity index (χ4v) is 1.47. The van der Waals surface area contributed by atoms with Crippen LogP contribution in [0.1, 0.15) is 18.9 Å². The molecule has 0 fully saturated rings. The quantitative estimate of drug-likeness (QED) is 0.555. The normalized spacial score (nSPS) is 10.0. The van der Waals surface area contributed by atoms with E-state index in [0.717, 1.165) is 36.6 Å². The molecule has 0 atom stereocenters. The third-order valence-corrected chi connectivity index (χ3v) is 2.41. The van der Waals surface area contributed by atoms with Crippen LogP contribution in [-0.2, 0) is 6.54 Å². The van der Waals surface area contributed by atoms with Crippen molar-refractivity contribution in [3.63, 3.8) is 0 Å². The van der Waals surface area contributed by atoms with Crippen molar-refractivity contribution in [2.75, 3.05) is 20.3 Å². The predicted molar refractivity (Wildman–Crippen MR) is 70.7 cm³/mol. The van der Waals surface area contributed by atoms with Crippen LogP contribution in [0.2, 0.25) is 0 Å². The Morgan fingerprint density at radius 2 is 2.24 bits per heavy atom. The fraction of sp³-hybridized carbons (Fsp3) is 0.429. The first-order chi connectivity index (χ1) is 8.31. The molecular weight excluding hydrogens is 214 g/mol. The number of hydrogen-bond acceptors (Lipinski definition) is 3. The zero-order chi connectivity index (χ0) is 12.5. The van der Waals surface area contributed by atoms with E-state index < -0.39 is 0 Å². The molecule has 0 radical (unpaired) electrons. The van der Waals surface area contributed by atoms with Crippen LogP contribution in [0.5, 0.6) is 11.5 Å². The average molecular weight is 235 g/mol. The van der Waals surface area contributed by atoms with Crippen LogP contribution in [0, 0.1) is 0 Å². The molecule has 3 heteroatoms. The topological polar surface area (TPSA) is 30.5 Å². The molecule has 1 N–H and O–H groups in total. The van der Waals surface area contributed by atoms with Crippen LogP contribution >= 0.6 is 0 Å². The van der Waals surface area contributed by atoms with E-state index in [9.17, 15) is 0 Å². The van der Waals surface area contributed by atoms with Crippen molar-refractivity contribution >= 4 is 0 Å². The van der Waals surface area contributed by atoms with Crippen LogP contribution in [0.15, 0.2) is 30.9 Å². The summed E-state index contributed by atoms with van der Waals surface area (Å²) in [6, 6.07) is 5.87. The minimum atomic E-state index is 0.662. The van der Waals surface area contributed by atoms with E-state index in [2.05, 4.69) is 18.8 Å². The van der Waals surface area contributed by atoms with Gasteiger partial charge in [-0.3, -0.25) is 0 Å². The molecule has 94 valence electrons. The lowest BCUT2D eigenvalue weighted by atomic mass is 10.2. The minimum absolute atomic E-state index is 0.662. The van der Waals surface area contributed by atoms with Crippen LogP contribution in [0.4, 0.5) is 0 Å². The van der Waals surface area contributed by atoms with Gasteiger partial charge < -0.3 is 14.8 Å². The highest BCUT2D eigenvalue weighted by Gasteiger charge is 2.05. The molecule has 0 heterocycles. The summed E-state index contributed by atoms with van der Waals surface area (Å²) in [5.41, 5.74) is 1.12. The lowest BCUT2D eigenvalue weighted by Crippen LogP contribution is -2.13. The summed E-state index contributed by atoms with van der Waals surface area (Å²) < 4.78 is 10.9. The molecule has 17 heavy (non-hydrogen) atoms. The van der Waals surface area contributed by atoms with Gasteiger partial charge in [-0.2, -0.15) is 0 Å². The second kappa shape index (κ2) is 7.74. The number of hydrogen-bond donors (Lipinski definition) is 1. The first kappa shape index (κ1) is 13.6. The Kier molecular flexibility index (Phi) is 6.18. The van der Waals surface area contributed by atoms with Crippen molar-refractivity contribution in [1.82, 2.24) is 5.32 Å². The summed E-state index contributed by atoms with van der Waals surface area (Å²) in [6.07, 6.45) is 2.71. The van der Waals surface area contributed by atoms with Gasteiger partial charge in [-0.15, -0.1) is 6.58 Å². The van der Waals surface area contributed by atoms with Crippen LogP contribution in [0.25, 0.3) is 0 Å². The van der Waals surface area contributed by atoms with Gasteiger partial charge in [0, 0.05) is 12.1 Å². The molecule has 0 saturated carbocycles. The van der Waals surface area contributed by atoms with E-state index in [-0.39, 0.29) is 0 Å². The Bertz CT molecular complexity index is 350. The standard InChI is InChI=1S/C14H21NO2/c1-4-6-9-17-14-8-7-13(16-3)10-12(14)11-15-5-2/h4,7-8,10,15H,1,5-6,9,11H2,2-3H3. The van der Waals surface area contributed by atoms with Gasteiger partial charge in [0.05, 0.1) is 13.7 Å². The highest BCUT2D eigenvalue weighted by atomic mass is 16.5. The van der Waals surface area contributed by atoms with Crippen molar-refractivity contribution in [1.29, 1.82) is 0 Å². The average Bonchev–Trinajstić information content (AvgIpc) is 2.37. The van der Waals surface area contributed by atoms with E-state index >= 15 is 0 Å². The molecule has 0 aliphatic rings. The third kappa shape index (κ3) is 4.49. The van der Waals surface area contributed by atoms with Gasteiger partial charge in [0.2, 0.25) is 0 Å². The second-order valence-corrected chi connectivity index (χ2v) is 3.68. The highest BCUT2D eigenvalue weighted by Crippen LogP contribution is 2.24. The maximum absolute atomic E-state index is 5.71. The zero-order valence-corrected chi connectivity index (χ0v) is 10.7. The number of ether oxygens (including phenoxy) is 2. The van der Waals surface area contributed by atoms with Gasteiger partial charge in [-0.25, -0.2) is 0 Å². The first-order valence-corrected chi connectivity index (χ1v) is 5.93. The second-order valence-electron chi connectivity index (χ2n) is 3.68. The fourth-order valence-electron chi connectivity index (χ4n) is 1.47. The molecule has 1 aromatic rings. The smallest absolute Gasteiger partial charge is 0.124 e. The molecule has 0 aliphatic carbocycles. The zero-order valence-electron chi connectivity index (χ0n) is 10.7. The molecule has 3 nitrogen and oxygen atoms in total. The molecule has 0 bridgehead atoms. The van der Waals surface area contributed by atoms with Gasteiger partial charge in [-0.1, -0.05) is 13.0 Å². The Morgan fingerprint density at radius 1 is 1.41 bits per heavy atom. The highest BCUT2D eigenvalue weighted by molar-refractivity contribution is 5.40. The summed E-state index contributed by atoms with van der Waals surface area (Å²) in [5.74, 6) is 1.77. The number of rotatable bonds is 8. The van der Waals surface area contributed by atoms with Crippen LogP contribution in [-0.4, -0.2) is 20.3 Å². The lowest BCUT2D eigenvalue weighted by Gasteiger charge is -2.12. The molecular formula is C14H21NO2. The van der Waals surface area contributed by atoms with Gasteiger partial charge in [0.15, 0.2) is 0 Å².